The first-order chi connectivity index (χ1) is 25.8. The summed E-state index contributed by atoms with van der Waals surface area (Å²) >= 11 is 0. The van der Waals surface area contributed by atoms with Gasteiger partial charge in [0.1, 0.15) is 28.7 Å². The predicted molar refractivity (Wildman–Crippen MR) is 211 cm³/mol. The summed E-state index contributed by atoms with van der Waals surface area (Å²) in [5.74, 6) is 0. The second kappa shape index (κ2) is 18.4. The fourth-order valence-corrected chi connectivity index (χ4v) is 5.84. The van der Waals surface area contributed by atoms with Gasteiger partial charge < -0.3 is 33.9 Å². The van der Waals surface area contributed by atoms with Crippen LogP contribution in [0.5, 0.6) is 0 Å². The molecule has 14 nitrogen and oxygen atoms in total. The van der Waals surface area contributed by atoms with Gasteiger partial charge >= 0.3 is 24.4 Å². The summed E-state index contributed by atoms with van der Waals surface area (Å²) in [6, 6.07) is 13.6. The molecule has 2 aromatic rings. The third-order valence-electron chi connectivity index (χ3n) is 8.32. The number of carbonyl (C=O) groups excluding carboxylic acids is 5. The highest BCUT2D eigenvalue weighted by atomic mass is 16.6. The molecular weight excluding hydrogens is 720 g/mol. The molecule has 0 aromatic heterocycles. The van der Waals surface area contributed by atoms with Crippen LogP contribution in [0.1, 0.15) is 122 Å². The number of hydrogen-bond acceptors (Lipinski definition) is 10. The Labute approximate surface area is 332 Å². The predicted octanol–water partition coefficient (Wildman–Crippen LogP) is 7.74. The van der Waals surface area contributed by atoms with Crippen molar-refractivity contribution in [2.75, 3.05) is 39.3 Å². The fourth-order valence-electron chi connectivity index (χ4n) is 5.84. The largest absolute Gasteiger partial charge is 0.444 e. The van der Waals surface area contributed by atoms with Crippen LogP contribution < -0.4 is 0 Å². The Morgan fingerprint density at radius 3 is 1.18 bits per heavy atom. The summed E-state index contributed by atoms with van der Waals surface area (Å²) in [5, 5.41) is 9.28. The molecule has 0 aliphatic carbocycles. The van der Waals surface area contributed by atoms with Gasteiger partial charge in [0.25, 0.3) is 0 Å². The van der Waals surface area contributed by atoms with E-state index in [2.05, 4.69) is 0 Å². The summed E-state index contributed by atoms with van der Waals surface area (Å²) in [4.78, 5) is 68.0. The first-order valence-electron chi connectivity index (χ1n) is 19.0. The van der Waals surface area contributed by atoms with Gasteiger partial charge in [0, 0.05) is 44.8 Å². The maximum atomic E-state index is 12.8. The minimum Gasteiger partial charge on any atom is -0.444 e. The molecule has 2 heterocycles. The van der Waals surface area contributed by atoms with Crippen LogP contribution in [0.15, 0.2) is 48.5 Å². The van der Waals surface area contributed by atoms with E-state index in [4.69, 9.17) is 18.9 Å². The van der Waals surface area contributed by atoms with Gasteiger partial charge in [-0.1, -0.05) is 48.5 Å². The Balaban J connectivity index is 0.000000300. The lowest BCUT2D eigenvalue weighted by atomic mass is 10.0. The summed E-state index contributed by atoms with van der Waals surface area (Å²) in [7, 11) is 0. The molecule has 4 amide bonds. The Morgan fingerprint density at radius 1 is 0.554 bits per heavy atom. The number of piperazine rings is 2. The molecule has 2 aliphatic rings. The number of hydrogen-bond donors (Lipinski definition) is 1. The quantitative estimate of drug-likeness (QED) is 0.241. The van der Waals surface area contributed by atoms with Gasteiger partial charge in [0.05, 0.1) is 18.7 Å². The third-order valence-corrected chi connectivity index (χ3v) is 8.32. The molecule has 310 valence electrons. The van der Waals surface area contributed by atoms with E-state index in [9.17, 15) is 29.1 Å². The van der Waals surface area contributed by atoms with Crippen LogP contribution in [0.3, 0.4) is 0 Å². The number of rotatable bonds is 4. The van der Waals surface area contributed by atoms with E-state index in [0.717, 1.165) is 23.0 Å². The second-order valence-corrected chi connectivity index (χ2v) is 17.9. The lowest BCUT2D eigenvalue weighted by molar-refractivity contribution is -0.0152. The highest BCUT2D eigenvalue weighted by Gasteiger charge is 2.39. The van der Waals surface area contributed by atoms with Crippen molar-refractivity contribution >= 4 is 30.7 Å². The molecule has 0 radical (unpaired) electrons. The van der Waals surface area contributed by atoms with E-state index in [1.165, 1.54) is 0 Å². The summed E-state index contributed by atoms with van der Waals surface area (Å²) in [6.07, 6.45) is -0.879. The van der Waals surface area contributed by atoms with Crippen LogP contribution in [-0.4, -0.2) is 117 Å². The van der Waals surface area contributed by atoms with Crippen molar-refractivity contribution in [2.24, 2.45) is 0 Å². The minimum atomic E-state index is -0.620. The molecule has 2 saturated heterocycles. The van der Waals surface area contributed by atoms with E-state index >= 15 is 0 Å². The van der Waals surface area contributed by atoms with E-state index in [1.807, 2.05) is 107 Å². The summed E-state index contributed by atoms with van der Waals surface area (Å²) in [6.45, 7) is 23.8. The number of aldehydes is 1. The molecule has 1 N–H and O–H groups in total. The maximum absolute atomic E-state index is 12.8. The van der Waals surface area contributed by atoms with Gasteiger partial charge in [-0.2, -0.15) is 0 Å². The first-order valence-corrected chi connectivity index (χ1v) is 19.0. The van der Waals surface area contributed by atoms with E-state index in [0.29, 0.717) is 38.3 Å². The summed E-state index contributed by atoms with van der Waals surface area (Å²) < 4.78 is 22.1. The topological polar surface area (TPSA) is 155 Å². The zero-order valence-electron chi connectivity index (χ0n) is 35.2. The Morgan fingerprint density at radius 2 is 0.875 bits per heavy atom. The highest BCUT2D eigenvalue weighted by molar-refractivity contribution is 5.75. The number of aliphatic hydroxyl groups excluding tert-OH is 1. The van der Waals surface area contributed by atoms with Crippen LogP contribution in [0.25, 0.3) is 0 Å². The van der Waals surface area contributed by atoms with Gasteiger partial charge in [0.2, 0.25) is 0 Å². The molecule has 2 unspecified atom stereocenters. The van der Waals surface area contributed by atoms with Crippen LogP contribution >= 0.6 is 0 Å². The van der Waals surface area contributed by atoms with E-state index in [-0.39, 0.29) is 19.2 Å². The number of benzene rings is 2. The van der Waals surface area contributed by atoms with Crippen molar-refractivity contribution in [3.8, 4) is 0 Å². The molecule has 14 heteroatoms. The van der Waals surface area contributed by atoms with Crippen molar-refractivity contribution in [2.45, 2.75) is 124 Å². The molecule has 2 fully saturated rings. The number of aliphatic hydroxyl groups is 1. The van der Waals surface area contributed by atoms with E-state index < -0.39 is 52.8 Å². The third kappa shape index (κ3) is 14.3. The molecule has 0 bridgehead atoms. The minimum absolute atomic E-state index is 0.0508. The average molecular weight is 783 g/mol. The standard InChI is InChI=1S/C21H32N2O5.C21H30N2O5/c2*1-20(2,3)27-18(25)22-11-12-23(19(26)28-21(4,5)6)17(13-22)16-9-7-15(14-24)8-10-16/h7-10,17,24H,11-14H2,1-6H3;7-10,14,17H,11-13H2,1-6H3. The van der Waals surface area contributed by atoms with Crippen molar-refractivity contribution < 1.29 is 48.0 Å². The van der Waals surface area contributed by atoms with Crippen molar-refractivity contribution in [1.82, 2.24) is 19.6 Å². The number of nitrogens with zero attached hydrogens (tertiary/aromatic N) is 4. The Hall–Kier alpha value is -4.85. The lowest BCUT2D eigenvalue weighted by Crippen LogP contribution is -2.54. The molecule has 2 aliphatic heterocycles. The SMILES string of the molecule is CC(C)(C)OC(=O)N1CCN(C(=O)OC(C)(C)C)C(c2ccc(C=O)cc2)C1.CC(C)(C)OC(=O)N1CCN(C(=O)OC(C)(C)C)C(c2ccc(CO)cc2)C1. The Bertz CT molecular complexity index is 1650. The number of ether oxygens (including phenoxy) is 4. The zero-order chi connectivity index (χ0) is 42.2. The number of carbonyl (C=O) groups is 5. The van der Waals surface area contributed by atoms with Crippen molar-refractivity contribution in [3.63, 3.8) is 0 Å². The number of amides is 4. The first kappa shape index (κ1) is 45.5. The normalized spacial score (nSPS) is 17.9. The van der Waals surface area contributed by atoms with Crippen molar-refractivity contribution in [1.29, 1.82) is 0 Å². The molecule has 2 aromatic carbocycles. The molecule has 4 rings (SSSR count). The summed E-state index contributed by atoms with van der Waals surface area (Å²) in [5.41, 5.74) is 0.620. The lowest BCUT2D eigenvalue weighted by Gasteiger charge is -2.42. The van der Waals surface area contributed by atoms with Crippen molar-refractivity contribution in [3.05, 3.63) is 70.8 Å². The molecule has 0 saturated carbocycles. The van der Waals surface area contributed by atoms with Crippen LogP contribution in [0, 0.1) is 0 Å². The Kier molecular flexibility index (Phi) is 15.0. The van der Waals surface area contributed by atoms with Gasteiger partial charge in [-0.05, 0) is 99.8 Å². The fraction of sp³-hybridized carbons (Fsp3) is 0.595. The van der Waals surface area contributed by atoms with Gasteiger partial charge in [0.15, 0.2) is 0 Å². The van der Waals surface area contributed by atoms with Gasteiger partial charge in [-0.3, -0.25) is 14.6 Å². The monoisotopic (exact) mass is 782 g/mol. The second-order valence-electron chi connectivity index (χ2n) is 17.9. The van der Waals surface area contributed by atoms with Crippen LogP contribution in [-0.2, 0) is 25.6 Å². The van der Waals surface area contributed by atoms with Crippen LogP contribution in [0.4, 0.5) is 19.2 Å². The van der Waals surface area contributed by atoms with Gasteiger partial charge in [-0.25, -0.2) is 19.2 Å². The van der Waals surface area contributed by atoms with Gasteiger partial charge in [-0.15, -0.1) is 0 Å². The zero-order valence-corrected chi connectivity index (χ0v) is 35.2. The van der Waals surface area contributed by atoms with E-state index in [1.54, 1.807) is 43.9 Å². The van der Waals surface area contributed by atoms with Crippen LogP contribution in [0.2, 0.25) is 0 Å². The molecule has 56 heavy (non-hydrogen) atoms. The molecule has 2 atom stereocenters. The molecule has 0 spiro atoms. The maximum Gasteiger partial charge on any atom is 0.410 e. The smallest absolute Gasteiger partial charge is 0.410 e. The highest BCUT2D eigenvalue weighted by Crippen LogP contribution is 2.30. The molecular formula is C42H62N4O10. The average Bonchev–Trinajstić information content (AvgIpc) is 3.08.